The topological polar surface area (TPSA) is 95.5 Å². The number of thioether (sulfide) groups is 1. The fraction of sp³-hybridized carbons (Fsp3) is 0.700. The predicted molar refractivity (Wildman–Crippen MR) is 63.9 cm³/mol. The second kappa shape index (κ2) is 6.48. The monoisotopic (exact) mass is 260 g/mol. The molecule has 0 bridgehead atoms. The number of carboxylic acids is 1. The van der Waals surface area contributed by atoms with E-state index in [4.69, 9.17) is 5.11 Å². The first-order valence-electron chi connectivity index (χ1n) is 5.41. The summed E-state index contributed by atoms with van der Waals surface area (Å²) >= 11 is 1.22. The molecule has 96 valence electrons. The van der Waals surface area contributed by atoms with Crippen LogP contribution in [0.3, 0.4) is 0 Å². The quantitative estimate of drug-likeness (QED) is 0.649. The van der Waals surface area contributed by atoms with E-state index in [-0.39, 0.29) is 23.5 Å². The Morgan fingerprint density at radius 2 is 2.06 bits per heavy atom. The first kappa shape index (κ1) is 13.8. The normalized spacial score (nSPS) is 16.1. The van der Waals surface area contributed by atoms with E-state index in [9.17, 15) is 14.4 Å². The number of nitrogens with one attached hydrogen (secondary N) is 2. The maximum atomic E-state index is 11.3. The van der Waals surface area contributed by atoms with Crippen molar-refractivity contribution in [2.75, 3.05) is 5.75 Å². The molecule has 1 unspecified atom stereocenters. The van der Waals surface area contributed by atoms with E-state index in [1.54, 1.807) is 6.92 Å². The predicted octanol–water partition coefficient (Wildman–Crippen LogP) is 0.571. The van der Waals surface area contributed by atoms with Crippen molar-refractivity contribution in [2.45, 2.75) is 37.5 Å². The lowest BCUT2D eigenvalue weighted by Gasteiger charge is -2.08. The van der Waals surface area contributed by atoms with Crippen molar-refractivity contribution in [3.63, 3.8) is 0 Å². The smallest absolute Gasteiger partial charge is 0.321 e. The molecule has 3 amide bonds. The van der Waals surface area contributed by atoms with Gasteiger partial charge in [0, 0.05) is 11.3 Å². The van der Waals surface area contributed by atoms with Crippen molar-refractivity contribution < 1.29 is 19.5 Å². The Labute approximate surface area is 104 Å². The number of hydrogen-bond donors (Lipinski definition) is 3. The number of urea groups is 1. The largest absolute Gasteiger partial charge is 0.481 e. The summed E-state index contributed by atoms with van der Waals surface area (Å²) in [6.45, 7) is 1.73. The zero-order valence-corrected chi connectivity index (χ0v) is 10.4. The maximum absolute atomic E-state index is 11.3. The lowest BCUT2D eigenvalue weighted by Crippen LogP contribution is -2.41. The summed E-state index contributed by atoms with van der Waals surface area (Å²) in [7, 11) is 0. The minimum atomic E-state index is -0.892. The third kappa shape index (κ3) is 6.83. The van der Waals surface area contributed by atoms with Gasteiger partial charge >= 0.3 is 12.0 Å². The second-order valence-corrected chi connectivity index (χ2v) is 5.44. The molecule has 0 saturated heterocycles. The highest BCUT2D eigenvalue weighted by Gasteiger charge is 2.23. The molecule has 0 spiro atoms. The Hall–Kier alpha value is -1.24. The number of carboxylic acid groups (broad SMARTS) is 1. The van der Waals surface area contributed by atoms with Gasteiger partial charge in [0.2, 0.25) is 5.91 Å². The standard InChI is InChI=1S/C10H16N2O4S/c1-6(4-9(14)15)17-5-8(13)12-10(16)11-7-2-3-7/h6-7H,2-5H2,1H3,(H,14,15)(H2,11,12,13,16). The molecule has 3 N–H and O–H groups in total. The first-order chi connectivity index (χ1) is 7.97. The van der Waals surface area contributed by atoms with Crippen LogP contribution in [0.4, 0.5) is 4.79 Å². The number of carbonyl (C=O) groups is 3. The van der Waals surface area contributed by atoms with Gasteiger partial charge in [0.25, 0.3) is 0 Å². The molecular formula is C10H16N2O4S. The molecule has 0 radical (unpaired) electrons. The molecule has 1 saturated carbocycles. The van der Waals surface area contributed by atoms with Crippen LogP contribution < -0.4 is 10.6 Å². The molecule has 0 aromatic heterocycles. The van der Waals surface area contributed by atoms with E-state index in [2.05, 4.69) is 10.6 Å². The number of rotatable bonds is 6. The van der Waals surface area contributed by atoms with Crippen molar-refractivity contribution in [2.24, 2.45) is 0 Å². The molecule has 0 aliphatic heterocycles. The van der Waals surface area contributed by atoms with Gasteiger partial charge in [0.1, 0.15) is 0 Å². The van der Waals surface area contributed by atoms with Crippen LogP contribution >= 0.6 is 11.8 Å². The van der Waals surface area contributed by atoms with Gasteiger partial charge in [0.15, 0.2) is 0 Å². The zero-order valence-electron chi connectivity index (χ0n) is 9.56. The van der Waals surface area contributed by atoms with Gasteiger partial charge in [-0.15, -0.1) is 11.8 Å². The van der Waals surface area contributed by atoms with Crippen LogP contribution in [0.25, 0.3) is 0 Å². The summed E-state index contributed by atoms with van der Waals surface area (Å²) < 4.78 is 0. The fourth-order valence-electron chi connectivity index (χ4n) is 1.13. The lowest BCUT2D eigenvalue weighted by atomic mass is 10.3. The van der Waals surface area contributed by atoms with Crippen LogP contribution in [-0.2, 0) is 9.59 Å². The Kier molecular flexibility index (Phi) is 5.27. The third-order valence-electron chi connectivity index (χ3n) is 2.13. The second-order valence-electron chi connectivity index (χ2n) is 4.02. The van der Waals surface area contributed by atoms with Gasteiger partial charge in [-0.1, -0.05) is 6.92 Å². The molecular weight excluding hydrogens is 244 g/mol. The number of carbonyl (C=O) groups excluding carboxylic acids is 2. The highest BCUT2D eigenvalue weighted by atomic mass is 32.2. The van der Waals surface area contributed by atoms with E-state index in [1.165, 1.54) is 11.8 Å². The average Bonchev–Trinajstić information content (AvgIpc) is 2.97. The summed E-state index contributed by atoms with van der Waals surface area (Å²) in [6, 6.07) is -0.259. The van der Waals surface area contributed by atoms with Gasteiger partial charge in [-0.25, -0.2) is 4.79 Å². The average molecular weight is 260 g/mol. The van der Waals surface area contributed by atoms with Crippen molar-refractivity contribution >= 4 is 29.7 Å². The highest BCUT2D eigenvalue weighted by Crippen LogP contribution is 2.18. The molecule has 0 aromatic carbocycles. The number of imide groups is 1. The number of amides is 3. The molecule has 6 nitrogen and oxygen atoms in total. The molecule has 0 aromatic rings. The molecule has 7 heteroatoms. The lowest BCUT2D eigenvalue weighted by molar-refractivity contribution is -0.136. The highest BCUT2D eigenvalue weighted by molar-refractivity contribution is 8.00. The summed E-state index contributed by atoms with van der Waals surface area (Å²) in [5, 5.41) is 13.2. The fourth-order valence-corrected chi connectivity index (χ4v) is 1.90. The van der Waals surface area contributed by atoms with Crippen LogP contribution in [0, 0.1) is 0 Å². The Bertz CT molecular complexity index is 317. The van der Waals surface area contributed by atoms with E-state index < -0.39 is 17.9 Å². The minimum absolute atomic E-state index is 0.00617. The van der Waals surface area contributed by atoms with Gasteiger partial charge in [0.05, 0.1) is 12.2 Å². The first-order valence-corrected chi connectivity index (χ1v) is 6.46. The molecule has 1 aliphatic rings. The Balaban J connectivity index is 2.11. The van der Waals surface area contributed by atoms with Crippen molar-refractivity contribution in [3.8, 4) is 0 Å². The van der Waals surface area contributed by atoms with Crippen LogP contribution in [0.1, 0.15) is 26.2 Å². The number of aliphatic carboxylic acids is 1. The summed E-state index contributed by atoms with van der Waals surface area (Å²) in [5.41, 5.74) is 0. The van der Waals surface area contributed by atoms with Gasteiger partial charge < -0.3 is 10.4 Å². The van der Waals surface area contributed by atoms with E-state index in [0.717, 1.165) is 12.8 Å². The molecule has 17 heavy (non-hydrogen) atoms. The molecule has 0 heterocycles. The van der Waals surface area contributed by atoms with Crippen LogP contribution in [0.2, 0.25) is 0 Å². The van der Waals surface area contributed by atoms with Crippen LogP contribution in [0.5, 0.6) is 0 Å². The molecule has 1 atom stereocenters. The Morgan fingerprint density at radius 1 is 1.41 bits per heavy atom. The van der Waals surface area contributed by atoms with Crippen LogP contribution in [0.15, 0.2) is 0 Å². The Morgan fingerprint density at radius 3 is 2.59 bits per heavy atom. The maximum Gasteiger partial charge on any atom is 0.321 e. The van der Waals surface area contributed by atoms with Crippen molar-refractivity contribution in [3.05, 3.63) is 0 Å². The van der Waals surface area contributed by atoms with E-state index >= 15 is 0 Å². The summed E-state index contributed by atoms with van der Waals surface area (Å²) in [6.07, 6.45) is 1.93. The summed E-state index contributed by atoms with van der Waals surface area (Å²) in [5.74, 6) is -1.20. The molecule has 1 rings (SSSR count). The number of hydrogen-bond acceptors (Lipinski definition) is 4. The van der Waals surface area contributed by atoms with Gasteiger partial charge in [-0.05, 0) is 12.8 Å². The molecule has 1 fully saturated rings. The SMILES string of the molecule is CC(CC(=O)O)SCC(=O)NC(=O)NC1CC1. The van der Waals surface area contributed by atoms with E-state index in [0.29, 0.717) is 0 Å². The van der Waals surface area contributed by atoms with Gasteiger partial charge in [-0.3, -0.25) is 14.9 Å². The summed E-state index contributed by atoms with van der Waals surface area (Å²) in [4.78, 5) is 32.9. The molecule has 1 aliphatic carbocycles. The van der Waals surface area contributed by atoms with E-state index in [1.807, 2.05) is 0 Å². The van der Waals surface area contributed by atoms with Crippen molar-refractivity contribution in [1.29, 1.82) is 0 Å². The van der Waals surface area contributed by atoms with Gasteiger partial charge in [-0.2, -0.15) is 0 Å². The zero-order chi connectivity index (χ0) is 12.8. The minimum Gasteiger partial charge on any atom is -0.481 e. The van der Waals surface area contributed by atoms with Crippen LogP contribution in [-0.4, -0.2) is 40.1 Å². The third-order valence-corrected chi connectivity index (χ3v) is 3.29. The van der Waals surface area contributed by atoms with Crippen molar-refractivity contribution in [1.82, 2.24) is 10.6 Å².